The minimum atomic E-state index is -1.31. The van der Waals surface area contributed by atoms with Crippen molar-refractivity contribution in [3.05, 3.63) is 11.6 Å². The minimum absolute atomic E-state index is 0.0475. The van der Waals surface area contributed by atoms with Gasteiger partial charge in [0.25, 0.3) is 5.91 Å². The lowest BCUT2D eigenvalue weighted by Gasteiger charge is -2.11. The van der Waals surface area contributed by atoms with Gasteiger partial charge < -0.3 is 15.5 Å². The van der Waals surface area contributed by atoms with Crippen LogP contribution in [0.3, 0.4) is 0 Å². The summed E-state index contributed by atoms with van der Waals surface area (Å²) in [5.41, 5.74) is 0. The maximum atomic E-state index is 11.8. The summed E-state index contributed by atoms with van der Waals surface area (Å²) in [7, 11) is 0. The highest BCUT2D eigenvalue weighted by Gasteiger charge is 2.23. The predicted octanol–water partition coefficient (Wildman–Crippen LogP) is -0.0241. The third-order valence-corrected chi connectivity index (χ3v) is 2.50. The van der Waals surface area contributed by atoms with Crippen LogP contribution in [0.5, 0.6) is 0 Å². The van der Waals surface area contributed by atoms with E-state index in [0.29, 0.717) is 5.82 Å². The Bertz CT molecular complexity index is 511. The summed E-state index contributed by atoms with van der Waals surface area (Å²) in [5.74, 6) is -2.81. The number of nitrogens with zero attached hydrogens (tertiary/aromatic N) is 2. The molecular formula is C11H16N4O5. The van der Waals surface area contributed by atoms with Crippen LogP contribution in [0.15, 0.2) is 0 Å². The Kier molecular flexibility index (Phi) is 5.18. The monoisotopic (exact) mass is 284 g/mol. The molecule has 0 aliphatic rings. The number of hydrogen-bond acceptors (Lipinski definition) is 5. The van der Waals surface area contributed by atoms with Crippen LogP contribution >= 0.6 is 0 Å². The smallest absolute Gasteiger partial charge is 0.326 e. The fourth-order valence-corrected chi connectivity index (χ4v) is 1.38. The van der Waals surface area contributed by atoms with Crippen molar-refractivity contribution in [2.24, 2.45) is 0 Å². The van der Waals surface area contributed by atoms with Gasteiger partial charge in [0, 0.05) is 12.3 Å². The lowest BCUT2D eigenvalue weighted by atomic mass is 10.1. The van der Waals surface area contributed by atoms with Crippen molar-refractivity contribution in [1.82, 2.24) is 20.5 Å². The number of carbonyl (C=O) groups is 3. The SMILES string of the molecule is CC(C)c1nc(C(=O)N[C@@H](CCC(=O)O)C(=O)O)n[nH]1. The second-order valence-corrected chi connectivity index (χ2v) is 4.50. The van der Waals surface area contributed by atoms with Crippen molar-refractivity contribution in [2.75, 3.05) is 0 Å². The average Bonchev–Trinajstić information content (AvgIpc) is 2.83. The number of rotatable bonds is 7. The van der Waals surface area contributed by atoms with E-state index in [1.54, 1.807) is 0 Å². The minimum Gasteiger partial charge on any atom is -0.481 e. The maximum Gasteiger partial charge on any atom is 0.326 e. The van der Waals surface area contributed by atoms with Crippen LogP contribution in [0.4, 0.5) is 0 Å². The zero-order chi connectivity index (χ0) is 15.3. The number of hydrogen-bond donors (Lipinski definition) is 4. The van der Waals surface area contributed by atoms with Crippen LogP contribution in [-0.2, 0) is 9.59 Å². The van der Waals surface area contributed by atoms with E-state index in [2.05, 4.69) is 20.5 Å². The summed E-state index contributed by atoms with van der Waals surface area (Å²) in [6.07, 6.45) is -0.569. The first-order valence-corrected chi connectivity index (χ1v) is 5.99. The van der Waals surface area contributed by atoms with Crippen LogP contribution < -0.4 is 5.32 Å². The lowest BCUT2D eigenvalue weighted by molar-refractivity contribution is -0.140. The number of carboxylic acids is 2. The van der Waals surface area contributed by atoms with E-state index in [1.807, 2.05) is 13.8 Å². The van der Waals surface area contributed by atoms with Gasteiger partial charge >= 0.3 is 11.9 Å². The van der Waals surface area contributed by atoms with E-state index in [9.17, 15) is 14.4 Å². The molecular weight excluding hydrogens is 268 g/mol. The molecule has 9 heteroatoms. The molecule has 0 bridgehead atoms. The summed E-state index contributed by atoms with van der Waals surface area (Å²) in [5, 5.41) is 25.9. The number of aliphatic carboxylic acids is 2. The fraction of sp³-hybridized carbons (Fsp3) is 0.545. The van der Waals surface area contributed by atoms with Crippen molar-refractivity contribution in [1.29, 1.82) is 0 Å². The van der Waals surface area contributed by atoms with Gasteiger partial charge in [-0.25, -0.2) is 9.78 Å². The fourth-order valence-electron chi connectivity index (χ4n) is 1.38. The molecule has 0 aliphatic heterocycles. The molecule has 4 N–H and O–H groups in total. The normalized spacial score (nSPS) is 12.2. The van der Waals surface area contributed by atoms with E-state index in [1.165, 1.54) is 0 Å². The first-order chi connectivity index (χ1) is 9.31. The predicted molar refractivity (Wildman–Crippen MR) is 66.2 cm³/mol. The zero-order valence-corrected chi connectivity index (χ0v) is 11.1. The second kappa shape index (κ2) is 6.64. The number of carboxylic acid groups (broad SMARTS) is 2. The number of aromatic nitrogens is 3. The molecule has 110 valence electrons. The molecule has 0 saturated heterocycles. The van der Waals surface area contributed by atoms with Gasteiger partial charge in [-0.2, -0.15) is 0 Å². The van der Waals surface area contributed by atoms with E-state index in [0.717, 1.165) is 0 Å². The molecule has 1 heterocycles. The van der Waals surface area contributed by atoms with E-state index < -0.39 is 23.9 Å². The third-order valence-electron chi connectivity index (χ3n) is 2.50. The molecule has 0 unspecified atom stereocenters. The van der Waals surface area contributed by atoms with Crippen molar-refractivity contribution in [3.63, 3.8) is 0 Å². The average molecular weight is 284 g/mol. The van der Waals surface area contributed by atoms with Gasteiger partial charge in [0.05, 0.1) is 0 Å². The molecule has 0 spiro atoms. The van der Waals surface area contributed by atoms with Gasteiger partial charge in [0.2, 0.25) is 5.82 Å². The summed E-state index contributed by atoms with van der Waals surface area (Å²) < 4.78 is 0. The van der Waals surface area contributed by atoms with Gasteiger partial charge in [-0.3, -0.25) is 14.7 Å². The third kappa shape index (κ3) is 4.34. The standard InChI is InChI=1S/C11H16N4O5/c1-5(2)8-13-9(15-14-8)10(18)12-6(11(19)20)3-4-7(16)17/h5-6H,3-4H2,1-2H3,(H,12,18)(H,16,17)(H,19,20)(H,13,14,15)/t6-/m0/s1. The van der Waals surface area contributed by atoms with Crippen LogP contribution in [0.1, 0.15) is 49.1 Å². The Labute approximate surface area is 114 Å². The first-order valence-electron chi connectivity index (χ1n) is 5.99. The molecule has 1 aromatic heterocycles. The zero-order valence-electron chi connectivity index (χ0n) is 11.1. The quantitative estimate of drug-likeness (QED) is 0.550. The van der Waals surface area contributed by atoms with Gasteiger partial charge in [-0.15, -0.1) is 5.10 Å². The van der Waals surface area contributed by atoms with Crippen LogP contribution in [0.2, 0.25) is 0 Å². The Hall–Kier alpha value is -2.45. The molecule has 0 radical (unpaired) electrons. The van der Waals surface area contributed by atoms with E-state index in [-0.39, 0.29) is 24.6 Å². The molecule has 0 fully saturated rings. The van der Waals surface area contributed by atoms with Crippen molar-refractivity contribution in [2.45, 2.75) is 38.6 Å². The molecule has 1 atom stereocenters. The highest BCUT2D eigenvalue weighted by Crippen LogP contribution is 2.08. The number of carbonyl (C=O) groups excluding carboxylic acids is 1. The highest BCUT2D eigenvalue weighted by molar-refractivity contribution is 5.93. The Morgan fingerprint density at radius 2 is 1.95 bits per heavy atom. The molecule has 0 aliphatic carbocycles. The molecule has 1 rings (SSSR count). The van der Waals surface area contributed by atoms with E-state index in [4.69, 9.17) is 10.2 Å². The number of H-pyrrole nitrogens is 1. The van der Waals surface area contributed by atoms with Crippen molar-refractivity contribution < 1.29 is 24.6 Å². The van der Waals surface area contributed by atoms with Crippen LogP contribution in [0, 0.1) is 0 Å². The largest absolute Gasteiger partial charge is 0.481 e. The lowest BCUT2D eigenvalue weighted by Crippen LogP contribution is -2.41. The van der Waals surface area contributed by atoms with E-state index >= 15 is 0 Å². The maximum absolute atomic E-state index is 11.8. The number of nitrogens with one attached hydrogen (secondary N) is 2. The van der Waals surface area contributed by atoms with Crippen LogP contribution in [0.25, 0.3) is 0 Å². The molecule has 0 aromatic carbocycles. The number of aromatic amines is 1. The highest BCUT2D eigenvalue weighted by atomic mass is 16.4. The van der Waals surface area contributed by atoms with Crippen molar-refractivity contribution >= 4 is 17.8 Å². The molecule has 1 amide bonds. The summed E-state index contributed by atoms with van der Waals surface area (Å²) >= 11 is 0. The second-order valence-electron chi connectivity index (χ2n) is 4.50. The Morgan fingerprint density at radius 1 is 1.30 bits per heavy atom. The first kappa shape index (κ1) is 15.6. The summed E-state index contributed by atoms with van der Waals surface area (Å²) in [4.78, 5) is 37.1. The molecule has 1 aromatic rings. The topological polar surface area (TPSA) is 145 Å². The summed E-state index contributed by atoms with van der Waals surface area (Å²) in [6.45, 7) is 3.71. The van der Waals surface area contributed by atoms with Gasteiger partial charge in [-0.05, 0) is 6.42 Å². The van der Waals surface area contributed by atoms with Crippen molar-refractivity contribution in [3.8, 4) is 0 Å². The van der Waals surface area contributed by atoms with Gasteiger partial charge in [-0.1, -0.05) is 13.8 Å². The number of amides is 1. The molecule has 9 nitrogen and oxygen atoms in total. The molecule has 20 heavy (non-hydrogen) atoms. The Morgan fingerprint density at radius 3 is 2.40 bits per heavy atom. The van der Waals surface area contributed by atoms with Crippen LogP contribution in [-0.4, -0.2) is 49.3 Å². The van der Waals surface area contributed by atoms with Gasteiger partial charge in [0.1, 0.15) is 11.9 Å². The molecule has 0 saturated carbocycles. The Balaban J connectivity index is 2.69. The van der Waals surface area contributed by atoms with Gasteiger partial charge in [0.15, 0.2) is 0 Å². The summed E-state index contributed by atoms with van der Waals surface area (Å²) in [6, 6.07) is -1.29.